The third-order valence-electron chi connectivity index (χ3n) is 3.31. The summed E-state index contributed by atoms with van der Waals surface area (Å²) in [4.78, 5) is 17.6. The quantitative estimate of drug-likeness (QED) is 0.864. The predicted octanol–water partition coefficient (Wildman–Crippen LogP) is 1.33. The van der Waals surface area contributed by atoms with Crippen LogP contribution in [0.1, 0.15) is 12.0 Å². The number of aliphatic hydroxyl groups excluding tert-OH is 1. The molecule has 0 saturated carbocycles. The Morgan fingerprint density at radius 3 is 2.94 bits per heavy atom. The number of pyridine rings is 1. The number of carbonyl (C=O) groups is 1. The summed E-state index contributed by atoms with van der Waals surface area (Å²) in [7, 11) is 0. The number of rotatable bonds is 2. The van der Waals surface area contributed by atoms with Crippen LogP contribution in [-0.2, 0) is 11.3 Å². The van der Waals surface area contributed by atoms with Gasteiger partial charge in [0, 0.05) is 30.9 Å². The van der Waals surface area contributed by atoms with Crippen molar-refractivity contribution in [2.24, 2.45) is 0 Å². The van der Waals surface area contributed by atoms with Gasteiger partial charge in [-0.05, 0) is 10.9 Å². The zero-order chi connectivity index (χ0) is 12.5. The molecule has 1 amide bonds. The minimum Gasteiger partial charge on any atom is -0.391 e. The van der Waals surface area contributed by atoms with Gasteiger partial charge in [-0.15, -0.1) is 0 Å². The van der Waals surface area contributed by atoms with Crippen molar-refractivity contribution >= 4 is 16.7 Å². The Hall–Kier alpha value is -1.94. The van der Waals surface area contributed by atoms with Crippen LogP contribution in [0, 0.1) is 0 Å². The molecule has 1 aliphatic heterocycles. The normalized spacial score (nSPS) is 19.7. The number of fused-ring (bicyclic) bond motifs is 1. The first-order valence-electron chi connectivity index (χ1n) is 6.01. The fourth-order valence-electron chi connectivity index (χ4n) is 2.41. The van der Waals surface area contributed by atoms with E-state index in [-0.39, 0.29) is 12.3 Å². The van der Waals surface area contributed by atoms with Gasteiger partial charge in [-0.25, -0.2) is 0 Å². The highest BCUT2D eigenvalue weighted by Gasteiger charge is 2.28. The number of amides is 1. The molecule has 4 nitrogen and oxygen atoms in total. The second kappa shape index (κ2) is 4.38. The lowest BCUT2D eigenvalue weighted by atomic mass is 10.1. The molecule has 0 bridgehead atoms. The van der Waals surface area contributed by atoms with Crippen LogP contribution in [0.3, 0.4) is 0 Å². The minimum atomic E-state index is -0.527. The van der Waals surface area contributed by atoms with Gasteiger partial charge in [-0.3, -0.25) is 9.78 Å². The van der Waals surface area contributed by atoms with Crippen molar-refractivity contribution in [1.29, 1.82) is 0 Å². The highest BCUT2D eigenvalue weighted by Crippen LogP contribution is 2.21. The first-order valence-corrected chi connectivity index (χ1v) is 6.01. The summed E-state index contributed by atoms with van der Waals surface area (Å²) < 4.78 is 0. The number of hydrogen-bond acceptors (Lipinski definition) is 3. The number of aromatic nitrogens is 1. The summed E-state index contributed by atoms with van der Waals surface area (Å²) in [6.07, 6.45) is 3.32. The summed E-state index contributed by atoms with van der Waals surface area (Å²) in [6.45, 7) is 0.937. The fraction of sp³-hybridized carbons (Fsp3) is 0.286. The smallest absolute Gasteiger partial charge is 0.225 e. The van der Waals surface area contributed by atoms with E-state index in [0.717, 1.165) is 16.3 Å². The van der Waals surface area contributed by atoms with Gasteiger partial charge in [0.2, 0.25) is 5.91 Å². The monoisotopic (exact) mass is 242 g/mol. The molecule has 3 rings (SSSR count). The molecule has 1 aliphatic rings. The van der Waals surface area contributed by atoms with E-state index in [1.165, 1.54) is 0 Å². The highest BCUT2D eigenvalue weighted by molar-refractivity contribution is 5.85. The van der Waals surface area contributed by atoms with Gasteiger partial charge in [-0.1, -0.05) is 24.3 Å². The zero-order valence-corrected chi connectivity index (χ0v) is 9.91. The Labute approximate surface area is 105 Å². The summed E-state index contributed by atoms with van der Waals surface area (Å²) in [6, 6.07) is 7.99. The van der Waals surface area contributed by atoms with Crippen molar-refractivity contribution in [3.8, 4) is 0 Å². The molecule has 2 heterocycles. The van der Waals surface area contributed by atoms with E-state index in [4.69, 9.17) is 0 Å². The minimum absolute atomic E-state index is 0.00966. The van der Waals surface area contributed by atoms with Crippen molar-refractivity contribution in [3.63, 3.8) is 0 Å². The number of benzene rings is 1. The molecule has 2 aromatic rings. The fourth-order valence-corrected chi connectivity index (χ4v) is 2.41. The average molecular weight is 242 g/mol. The molecule has 18 heavy (non-hydrogen) atoms. The van der Waals surface area contributed by atoms with Crippen LogP contribution < -0.4 is 0 Å². The molecule has 1 atom stereocenters. The Bertz CT molecular complexity index is 592. The van der Waals surface area contributed by atoms with E-state index < -0.39 is 6.10 Å². The molecule has 92 valence electrons. The van der Waals surface area contributed by atoms with Crippen LogP contribution >= 0.6 is 0 Å². The zero-order valence-electron chi connectivity index (χ0n) is 9.91. The van der Waals surface area contributed by atoms with Crippen LogP contribution in [0.5, 0.6) is 0 Å². The van der Waals surface area contributed by atoms with Gasteiger partial charge in [0.1, 0.15) is 0 Å². The molecular weight excluding hydrogens is 228 g/mol. The first kappa shape index (κ1) is 11.2. The summed E-state index contributed by atoms with van der Waals surface area (Å²) in [5, 5.41) is 11.7. The molecule has 1 aromatic carbocycles. The van der Waals surface area contributed by atoms with Gasteiger partial charge < -0.3 is 10.0 Å². The van der Waals surface area contributed by atoms with E-state index in [0.29, 0.717) is 13.1 Å². The van der Waals surface area contributed by atoms with E-state index in [1.54, 1.807) is 11.1 Å². The van der Waals surface area contributed by atoms with Crippen LogP contribution in [0.4, 0.5) is 0 Å². The third kappa shape index (κ3) is 1.95. The Morgan fingerprint density at radius 1 is 1.33 bits per heavy atom. The van der Waals surface area contributed by atoms with Crippen LogP contribution in [0.15, 0.2) is 36.7 Å². The maximum Gasteiger partial charge on any atom is 0.225 e. The topological polar surface area (TPSA) is 53.4 Å². The lowest BCUT2D eigenvalue weighted by Crippen LogP contribution is -2.25. The van der Waals surface area contributed by atoms with Gasteiger partial charge in [0.25, 0.3) is 0 Å². The summed E-state index contributed by atoms with van der Waals surface area (Å²) in [5.41, 5.74) is 1.02. The lowest BCUT2D eigenvalue weighted by molar-refractivity contribution is -0.128. The molecular formula is C14H14N2O2. The Balaban J connectivity index is 1.93. The van der Waals surface area contributed by atoms with Crippen LogP contribution in [0.2, 0.25) is 0 Å². The Kier molecular flexibility index (Phi) is 2.72. The van der Waals surface area contributed by atoms with E-state index in [1.807, 2.05) is 30.5 Å². The van der Waals surface area contributed by atoms with Gasteiger partial charge in [0.15, 0.2) is 0 Å². The van der Waals surface area contributed by atoms with E-state index in [9.17, 15) is 9.90 Å². The van der Waals surface area contributed by atoms with Crippen molar-refractivity contribution in [3.05, 3.63) is 42.2 Å². The number of hydrogen-bond donors (Lipinski definition) is 1. The van der Waals surface area contributed by atoms with Gasteiger partial charge in [0.05, 0.1) is 12.5 Å². The molecule has 0 aliphatic carbocycles. The molecule has 0 spiro atoms. The number of β-amino-alcohol motifs (C(OH)–C–C–N with tert-alkyl or cyclic N) is 1. The van der Waals surface area contributed by atoms with Crippen molar-refractivity contribution in [2.75, 3.05) is 6.54 Å². The number of nitrogens with zero attached hydrogens (tertiary/aromatic N) is 2. The van der Waals surface area contributed by atoms with Crippen molar-refractivity contribution < 1.29 is 9.90 Å². The van der Waals surface area contributed by atoms with Crippen LogP contribution in [-0.4, -0.2) is 33.5 Å². The second-order valence-electron chi connectivity index (χ2n) is 4.65. The predicted molar refractivity (Wildman–Crippen MR) is 67.8 cm³/mol. The molecule has 1 N–H and O–H groups in total. The summed E-state index contributed by atoms with van der Waals surface area (Å²) >= 11 is 0. The molecule has 1 unspecified atom stereocenters. The lowest BCUT2D eigenvalue weighted by Gasteiger charge is -2.16. The number of carbonyl (C=O) groups excluding carboxylic acids is 1. The maximum atomic E-state index is 11.7. The number of likely N-dealkylation sites (tertiary alicyclic amines) is 1. The molecule has 1 saturated heterocycles. The van der Waals surface area contributed by atoms with Crippen molar-refractivity contribution in [2.45, 2.75) is 19.1 Å². The standard InChI is InChI=1S/C14H14N2O2/c17-12-5-14(18)16(9-12)8-11-7-15-6-10-3-1-2-4-13(10)11/h1-4,6-7,12,17H,5,8-9H2. The largest absolute Gasteiger partial charge is 0.391 e. The highest BCUT2D eigenvalue weighted by atomic mass is 16.3. The SMILES string of the molecule is O=C1CC(O)CN1Cc1cncc2ccccc12. The molecule has 1 fully saturated rings. The van der Waals surface area contributed by atoms with Gasteiger partial charge in [-0.2, -0.15) is 0 Å². The Morgan fingerprint density at radius 2 is 2.17 bits per heavy atom. The van der Waals surface area contributed by atoms with Gasteiger partial charge >= 0.3 is 0 Å². The third-order valence-corrected chi connectivity index (χ3v) is 3.31. The molecule has 0 radical (unpaired) electrons. The second-order valence-corrected chi connectivity index (χ2v) is 4.65. The average Bonchev–Trinajstić information content (AvgIpc) is 2.68. The van der Waals surface area contributed by atoms with E-state index in [2.05, 4.69) is 4.98 Å². The molecule has 4 heteroatoms. The first-order chi connectivity index (χ1) is 8.74. The maximum absolute atomic E-state index is 11.7. The van der Waals surface area contributed by atoms with Crippen molar-refractivity contribution in [1.82, 2.24) is 9.88 Å². The van der Waals surface area contributed by atoms with E-state index >= 15 is 0 Å². The summed E-state index contributed by atoms with van der Waals surface area (Å²) in [5.74, 6) is 0.00966. The number of aliphatic hydroxyl groups is 1. The van der Waals surface area contributed by atoms with Crippen LogP contribution in [0.25, 0.3) is 10.8 Å². The molecule has 1 aromatic heterocycles.